The lowest BCUT2D eigenvalue weighted by atomic mass is 10.2. The highest BCUT2D eigenvalue weighted by molar-refractivity contribution is 7.13. The summed E-state index contributed by atoms with van der Waals surface area (Å²) in [5.41, 5.74) is 4.37. The van der Waals surface area contributed by atoms with Gasteiger partial charge in [-0.05, 0) is 30.7 Å². The molecule has 0 saturated carbocycles. The number of nitrogens with zero attached hydrogens (tertiary/aromatic N) is 3. The number of rotatable bonds is 8. The standard InChI is InChI=1S/C19H18N4O3S/c1-2-25-18(24)11-15-13-27-19(22-15)23-21-12-14-6-5-7-16(10-14)26-17-8-3-4-9-20-17/h3-10,12-13H,2,11H2,1H3,(H,22,23). The van der Waals surface area contributed by atoms with E-state index in [9.17, 15) is 4.79 Å². The van der Waals surface area contributed by atoms with Crippen molar-refractivity contribution in [1.29, 1.82) is 0 Å². The molecule has 0 radical (unpaired) electrons. The molecule has 3 rings (SSSR count). The number of hydrogen-bond donors (Lipinski definition) is 1. The maximum absolute atomic E-state index is 11.5. The van der Waals surface area contributed by atoms with Gasteiger partial charge in [0.15, 0.2) is 0 Å². The normalized spacial score (nSPS) is 10.7. The summed E-state index contributed by atoms with van der Waals surface area (Å²) in [6.07, 6.45) is 3.50. The number of nitrogens with one attached hydrogen (secondary N) is 1. The summed E-state index contributed by atoms with van der Waals surface area (Å²) in [4.78, 5) is 19.9. The maximum atomic E-state index is 11.5. The quantitative estimate of drug-likeness (QED) is 0.361. The Balaban J connectivity index is 1.56. The summed E-state index contributed by atoms with van der Waals surface area (Å²) in [7, 11) is 0. The lowest BCUT2D eigenvalue weighted by Gasteiger charge is -2.04. The Hall–Kier alpha value is -3.26. The zero-order chi connectivity index (χ0) is 18.9. The molecule has 0 aliphatic rings. The minimum absolute atomic E-state index is 0.155. The third-order valence-electron chi connectivity index (χ3n) is 3.27. The number of carbonyl (C=O) groups is 1. The average Bonchev–Trinajstić information content (AvgIpc) is 3.10. The molecule has 0 fully saturated rings. The fourth-order valence-corrected chi connectivity index (χ4v) is 2.81. The Morgan fingerprint density at radius 1 is 1.30 bits per heavy atom. The number of esters is 1. The van der Waals surface area contributed by atoms with Crippen molar-refractivity contribution in [3.63, 3.8) is 0 Å². The fourth-order valence-electron chi connectivity index (χ4n) is 2.15. The molecule has 2 aromatic heterocycles. The molecule has 0 aliphatic heterocycles. The first-order chi connectivity index (χ1) is 13.2. The molecular weight excluding hydrogens is 364 g/mol. The molecule has 138 valence electrons. The van der Waals surface area contributed by atoms with Gasteiger partial charge < -0.3 is 9.47 Å². The molecule has 8 heteroatoms. The van der Waals surface area contributed by atoms with Crippen LogP contribution in [0.5, 0.6) is 11.6 Å². The molecular formula is C19H18N4O3S. The van der Waals surface area contributed by atoms with Crippen LogP contribution in [0, 0.1) is 0 Å². The monoisotopic (exact) mass is 382 g/mol. The molecule has 0 aliphatic carbocycles. The topological polar surface area (TPSA) is 85.7 Å². The Morgan fingerprint density at radius 2 is 2.22 bits per heavy atom. The lowest BCUT2D eigenvalue weighted by molar-refractivity contribution is -0.142. The highest BCUT2D eigenvalue weighted by Gasteiger charge is 2.07. The van der Waals surface area contributed by atoms with Crippen LogP contribution in [-0.4, -0.2) is 28.8 Å². The lowest BCUT2D eigenvalue weighted by Crippen LogP contribution is -2.07. The van der Waals surface area contributed by atoms with Crippen molar-refractivity contribution in [2.45, 2.75) is 13.3 Å². The van der Waals surface area contributed by atoms with E-state index in [1.807, 2.05) is 36.4 Å². The summed E-state index contributed by atoms with van der Waals surface area (Å²) >= 11 is 1.37. The van der Waals surface area contributed by atoms with Crippen LogP contribution in [-0.2, 0) is 16.0 Å². The number of pyridine rings is 1. The van der Waals surface area contributed by atoms with Crippen LogP contribution in [0.4, 0.5) is 5.13 Å². The van der Waals surface area contributed by atoms with Crippen molar-refractivity contribution >= 4 is 28.7 Å². The van der Waals surface area contributed by atoms with Crippen LogP contribution in [0.2, 0.25) is 0 Å². The van der Waals surface area contributed by atoms with E-state index in [1.165, 1.54) is 11.3 Å². The number of benzene rings is 1. The largest absolute Gasteiger partial charge is 0.466 e. The fraction of sp³-hybridized carbons (Fsp3) is 0.158. The van der Waals surface area contributed by atoms with Gasteiger partial charge in [-0.25, -0.2) is 9.97 Å². The van der Waals surface area contributed by atoms with Crippen LogP contribution in [0.3, 0.4) is 0 Å². The number of hydrogen-bond acceptors (Lipinski definition) is 8. The minimum Gasteiger partial charge on any atom is -0.466 e. The molecule has 0 atom stereocenters. The number of hydrazone groups is 1. The van der Waals surface area contributed by atoms with Crippen LogP contribution >= 0.6 is 11.3 Å². The van der Waals surface area contributed by atoms with Gasteiger partial charge in [0.1, 0.15) is 5.75 Å². The van der Waals surface area contributed by atoms with Crippen LogP contribution < -0.4 is 10.2 Å². The Morgan fingerprint density at radius 3 is 3.04 bits per heavy atom. The second-order valence-corrected chi connectivity index (χ2v) is 6.20. The maximum Gasteiger partial charge on any atom is 0.311 e. The zero-order valence-electron chi connectivity index (χ0n) is 14.7. The van der Waals surface area contributed by atoms with Gasteiger partial charge >= 0.3 is 5.97 Å². The van der Waals surface area contributed by atoms with E-state index < -0.39 is 0 Å². The molecule has 0 saturated heterocycles. The first-order valence-corrected chi connectivity index (χ1v) is 9.19. The highest BCUT2D eigenvalue weighted by atomic mass is 32.1. The van der Waals surface area contributed by atoms with E-state index in [-0.39, 0.29) is 12.4 Å². The predicted molar refractivity (Wildman–Crippen MR) is 104 cm³/mol. The van der Waals surface area contributed by atoms with Crippen LogP contribution in [0.15, 0.2) is 59.1 Å². The van der Waals surface area contributed by atoms with Crippen molar-refractivity contribution in [1.82, 2.24) is 9.97 Å². The van der Waals surface area contributed by atoms with Gasteiger partial charge in [-0.3, -0.25) is 10.2 Å². The summed E-state index contributed by atoms with van der Waals surface area (Å²) < 4.78 is 10.6. The molecule has 0 amide bonds. The van der Waals surface area contributed by atoms with Crippen molar-refractivity contribution in [2.75, 3.05) is 12.0 Å². The molecule has 27 heavy (non-hydrogen) atoms. The van der Waals surface area contributed by atoms with Gasteiger partial charge in [-0.15, -0.1) is 11.3 Å². The predicted octanol–water partition coefficient (Wildman–Crippen LogP) is 3.88. The van der Waals surface area contributed by atoms with Crippen molar-refractivity contribution in [3.05, 3.63) is 65.3 Å². The van der Waals surface area contributed by atoms with Gasteiger partial charge in [0, 0.05) is 17.6 Å². The summed E-state index contributed by atoms with van der Waals surface area (Å²) in [6, 6.07) is 13.0. The number of ether oxygens (including phenoxy) is 2. The third kappa shape index (κ3) is 5.89. The van der Waals surface area contributed by atoms with E-state index >= 15 is 0 Å². The van der Waals surface area contributed by atoms with Crippen molar-refractivity contribution in [3.8, 4) is 11.6 Å². The molecule has 0 unspecified atom stereocenters. The highest BCUT2D eigenvalue weighted by Crippen LogP contribution is 2.20. The van der Waals surface area contributed by atoms with E-state index in [0.717, 1.165) is 5.56 Å². The number of thiazole rings is 1. The van der Waals surface area contributed by atoms with Crippen molar-refractivity contribution < 1.29 is 14.3 Å². The Kier molecular flexibility index (Phi) is 6.48. The SMILES string of the molecule is CCOC(=O)Cc1csc(NN=Cc2cccc(Oc3ccccn3)c2)n1. The van der Waals surface area contributed by atoms with Gasteiger partial charge in [0.2, 0.25) is 11.0 Å². The van der Waals surface area contributed by atoms with Gasteiger partial charge in [0.05, 0.1) is 24.9 Å². The second-order valence-electron chi connectivity index (χ2n) is 5.34. The molecule has 2 heterocycles. The summed E-state index contributed by atoms with van der Waals surface area (Å²) in [6.45, 7) is 2.14. The molecule has 0 spiro atoms. The first-order valence-electron chi connectivity index (χ1n) is 8.31. The van der Waals surface area contributed by atoms with E-state index in [2.05, 4.69) is 20.5 Å². The zero-order valence-corrected chi connectivity index (χ0v) is 15.5. The first kappa shape index (κ1) is 18.5. The van der Waals surface area contributed by atoms with E-state index in [4.69, 9.17) is 9.47 Å². The molecule has 3 aromatic rings. The van der Waals surface area contributed by atoms with Gasteiger partial charge in [-0.1, -0.05) is 18.2 Å². The Labute approximate surface area is 160 Å². The molecule has 1 aromatic carbocycles. The van der Waals surface area contributed by atoms with Crippen LogP contribution in [0.1, 0.15) is 18.2 Å². The van der Waals surface area contributed by atoms with E-state index in [1.54, 1.807) is 30.8 Å². The summed E-state index contributed by atoms with van der Waals surface area (Å²) in [5.74, 6) is 0.910. The van der Waals surface area contributed by atoms with Crippen molar-refractivity contribution in [2.24, 2.45) is 5.10 Å². The van der Waals surface area contributed by atoms with E-state index in [0.29, 0.717) is 29.1 Å². The number of anilines is 1. The minimum atomic E-state index is -0.289. The number of aromatic nitrogens is 2. The van der Waals surface area contributed by atoms with Gasteiger partial charge in [0.25, 0.3) is 0 Å². The average molecular weight is 382 g/mol. The molecule has 7 nitrogen and oxygen atoms in total. The smallest absolute Gasteiger partial charge is 0.311 e. The van der Waals surface area contributed by atoms with Gasteiger partial charge in [-0.2, -0.15) is 5.10 Å². The number of carbonyl (C=O) groups excluding carboxylic acids is 1. The van der Waals surface area contributed by atoms with Crippen LogP contribution in [0.25, 0.3) is 0 Å². The third-order valence-corrected chi connectivity index (χ3v) is 4.07. The summed E-state index contributed by atoms with van der Waals surface area (Å²) in [5, 5.41) is 6.58. The molecule has 1 N–H and O–H groups in total. The Bertz CT molecular complexity index is 912. The second kappa shape index (κ2) is 9.44. The molecule has 0 bridgehead atoms.